The summed E-state index contributed by atoms with van der Waals surface area (Å²) in [6.07, 6.45) is 3.25. The van der Waals surface area contributed by atoms with E-state index in [-0.39, 0.29) is 5.75 Å². The second-order valence-corrected chi connectivity index (χ2v) is 5.38. The van der Waals surface area contributed by atoms with Crippen LogP contribution in [-0.2, 0) is 6.61 Å². The van der Waals surface area contributed by atoms with E-state index in [4.69, 9.17) is 4.74 Å². The van der Waals surface area contributed by atoms with Gasteiger partial charge in [-0.15, -0.1) is 0 Å². The zero-order valence-electron chi connectivity index (χ0n) is 12.7. The SMILES string of the molecule is Fc1cc(-c2ncnc3[nH]ccc23)ccc1OCc1ccccc1. The smallest absolute Gasteiger partial charge is 0.165 e. The second kappa shape index (κ2) is 6.12. The maximum Gasteiger partial charge on any atom is 0.165 e. The molecule has 118 valence electrons. The number of H-pyrrole nitrogens is 1. The predicted molar refractivity (Wildman–Crippen MR) is 90.1 cm³/mol. The van der Waals surface area contributed by atoms with E-state index in [1.807, 2.05) is 36.4 Å². The molecule has 5 heteroatoms. The van der Waals surface area contributed by atoms with E-state index in [0.717, 1.165) is 16.6 Å². The lowest BCUT2D eigenvalue weighted by atomic mass is 10.1. The normalized spacial score (nSPS) is 10.9. The van der Waals surface area contributed by atoms with Gasteiger partial charge < -0.3 is 9.72 Å². The molecule has 0 radical (unpaired) electrons. The number of fused-ring (bicyclic) bond motifs is 1. The molecule has 0 atom stereocenters. The first-order valence-corrected chi connectivity index (χ1v) is 7.56. The highest BCUT2D eigenvalue weighted by Gasteiger charge is 2.11. The monoisotopic (exact) mass is 319 g/mol. The molecule has 0 aliphatic heterocycles. The molecule has 24 heavy (non-hydrogen) atoms. The molecule has 4 nitrogen and oxygen atoms in total. The van der Waals surface area contributed by atoms with Crippen molar-refractivity contribution in [1.29, 1.82) is 0 Å². The third-order valence-electron chi connectivity index (χ3n) is 3.80. The minimum absolute atomic E-state index is 0.224. The number of benzene rings is 2. The van der Waals surface area contributed by atoms with E-state index in [1.54, 1.807) is 18.3 Å². The topological polar surface area (TPSA) is 50.8 Å². The Hall–Kier alpha value is -3.21. The van der Waals surface area contributed by atoms with Crippen LogP contribution in [0.1, 0.15) is 5.56 Å². The van der Waals surface area contributed by atoms with E-state index in [9.17, 15) is 4.39 Å². The summed E-state index contributed by atoms with van der Waals surface area (Å²) >= 11 is 0. The fourth-order valence-electron chi connectivity index (χ4n) is 2.60. The maximum atomic E-state index is 14.4. The first-order chi connectivity index (χ1) is 11.8. The highest BCUT2D eigenvalue weighted by Crippen LogP contribution is 2.28. The van der Waals surface area contributed by atoms with E-state index in [0.29, 0.717) is 17.9 Å². The van der Waals surface area contributed by atoms with Gasteiger partial charge in [-0.2, -0.15) is 0 Å². The van der Waals surface area contributed by atoms with Crippen LogP contribution < -0.4 is 4.74 Å². The van der Waals surface area contributed by atoms with E-state index in [1.165, 1.54) is 12.4 Å². The summed E-state index contributed by atoms with van der Waals surface area (Å²) in [6, 6.07) is 16.4. The van der Waals surface area contributed by atoms with E-state index in [2.05, 4.69) is 15.0 Å². The Morgan fingerprint density at radius 3 is 2.71 bits per heavy atom. The lowest BCUT2D eigenvalue weighted by Crippen LogP contribution is -1.97. The number of halogens is 1. The van der Waals surface area contributed by atoms with Crippen molar-refractivity contribution in [1.82, 2.24) is 15.0 Å². The Kier molecular flexibility index (Phi) is 3.67. The Balaban J connectivity index is 1.61. The predicted octanol–water partition coefficient (Wildman–Crippen LogP) is 4.34. The van der Waals surface area contributed by atoms with Crippen LogP contribution in [0.5, 0.6) is 5.75 Å². The third kappa shape index (κ3) is 2.72. The zero-order valence-corrected chi connectivity index (χ0v) is 12.7. The molecule has 4 aromatic rings. The molecule has 0 bridgehead atoms. The van der Waals surface area contributed by atoms with Gasteiger partial charge in [-0.25, -0.2) is 14.4 Å². The molecule has 0 spiro atoms. The number of nitrogens with one attached hydrogen (secondary N) is 1. The minimum atomic E-state index is -0.411. The number of nitrogens with zero attached hydrogens (tertiary/aromatic N) is 2. The van der Waals surface area contributed by atoms with Crippen molar-refractivity contribution < 1.29 is 9.13 Å². The molecule has 0 aliphatic rings. The first kappa shape index (κ1) is 14.4. The molecule has 4 rings (SSSR count). The molecular weight excluding hydrogens is 305 g/mol. The lowest BCUT2D eigenvalue weighted by molar-refractivity contribution is 0.290. The van der Waals surface area contributed by atoms with Crippen LogP contribution in [0.3, 0.4) is 0 Å². The van der Waals surface area contributed by atoms with Crippen LogP contribution in [-0.4, -0.2) is 15.0 Å². The number of hydrogen-bond acceptors (Lipinski definition) is 3. The molecule has 0 amide bonds. The molecule has 2 aromatic heterocycles. The quantitative estimate of drug-likeness (QED) is 0.608. The van der Waals surface area contributed by atoms with Crippen LogP contribution in [0.25, 0.3) is 22.3 Å². The summed E-state index contributed by atoms with van der Waals surface area (Å²) in [4.78, 5) is 11.4. The van der Waals surface area contributed by atoms with Crippen molar-refractivity contribution >= 4 is 11.0 Å². The zero-order chi connectivity index (χ0) is 16.4. The van der Waals surface area contributed by atoms with Crippen molar-refractivity contribution in [3.63, 3.8) is 0 Å². The lowest BCUT2D eigenvalue weighted by Gasteiger charge is -2.09. The summed E-state index contributed by atoms with van der Waals surface area (Å²) in [5.74, 6) is -0.187. The summed E-state index contributed by atoms with van der Waals surface area (Å²) < 4.78 is 20.0. The maximum absolute atomic E-state index is 14.4. The van der Waals surface area contributed by atoms with Gasteiger partial charge in [0.25, 0.3) is 0 Å². The molecule has 2 aromatic carbocycles. The molecule has 0 saturated carbocycles. The van der Waals surface area contributed by atoms with Gasteiger partial charge in [0.1, 0.15) is 18.6 Å². The minimum Gasteiger partial charge on any atom is -0.486 e. The largest absolute Gasteiger partial charge is 0.486 e. The van der Waals surface area contributed by atoms with Crippen molar-refractivity contribution in [2.24, 2.45) is 0 Å². The molecule has 0 aliphatic carbocycles. The van der Waals surface area contributed by atoms with Gasteiger partial charge in [0.05, 0.1) is 5.69 Å². The average Bonchev–Trinajstić information content (AvgIpc) is 3.10. The Morgan fingerprint density at radius 2 is 1.88 bits per heavy atom. The summed E-state index contributed by atoms with van der Waals surface area (Å²) in [5.41, 5.74) is 3.09. The average molecular weight is 319 g/mol. The molecule has 0 saturated heterocycles. The van der Waals surface area contributed by atoms with Crippen molar-refractivity contribution in [3.8, 4) is 17.0 Å². The highest BCUT2D eigenvalue weighted by atomic mass is 19.1. The van der Waals surface area contributed by atoms with E-state index < -0.39 is 5.82 Å². The second-order valence-electron chi connectivity index (χ2n) is 5.38. The van der Waals surface area contributed by atoms with Crippen LogP contribution in [0.15, 0.2) is 67.1 Å². The van der Waals surface area contributed by atoms with Gasteiger partial charge >= 0.3 is 0 Å². The number of ether oxygens (including phenoxy) is 1. The number of hydrogen-bond donors (Lipinski definition) is 1. The van der Waals surface area contributed by atoms with Crippen molar-refractivity contribution in [2.75, 3.05) is 0 Å². The number of rotatable bonds is 4. The fraction of sp³-hybridized carbons (Fsp3) is 0.0526. The third-order valence-corrected chi connectivity index (χ3v) is 3.80. The van der Waals surface area contributed by atoms with Gasteiger partial charge in [0, 0.05) is 17.1 Å². The Morgan fingerprint density at radius 1 is 1.00 bits per heavy atom. The highest BCUT2D eigenvalue weighted by molar-refractivity contribution is 5.90. The van der Waals surface area contributed by atoms with Gasteiger partial charge in [0.2, 0.25) is 0 Å². The van der Waals surface area contributed by atoms with Gasteiger partial charge in [-0.1, -0.05) is 30.3 Å². The fourth-order valence-corrected chi connectivity index (χ4v) is 2.60. The summed E-state index contributed by atoms with van der Waals surface area (Å²) in [6.45, 7) is 0.326. The first-order valence-electron chi connectivity index (χ1n) is 7.56. The summed E-state index contributed by atoms with van der Waals surface area (Å²) in [7, 11) is 0. The molecule has 0 unspecified atom stereocenters. The summed E-state index contributed by atoms with van der Waals surface area (Å²) in [5, 5.41) is 0.856. The van der Waals surface area contributed by atoms with Gasteiger partial charge in [-0.3, -0.25) is 0 Å². The Bertz CT molecular complexity index is 982. The van der Waals surface area contributed by atoms with Gasteiger partial charge in [0.15, 0.2) is 11.6 Å². The van der Waals surface area contributed by atoms with Crippen molar-refractivity contribution in [3.05, 3.63) is 78.5 Å². The van der Waals surface area contributed by atoms with E-state index >= 15 is 0 Å². The van der Waals surface area contributed by atoms with Gasteiger partial charge in [-0.05, 0) is 29.8 Å². The van der Waals surface area contributed by atoms with Crippen LogP contribution >= 0.6 is 0 Å². The molecular formula is C19H14FN3O. The number of aromatic nitrogens is 3. The van der Waals surface area contributed by atoms with Crippen LogP contribution in [0, 0.1) is 5.82 Å². The molecule has 1 N–H and O–H groups in total. The van der Waals surface area contributed by atoms with Crippen molar-refractivity contribution in [2.45, 2.75) is 6.61 Å². The number of aromatic amines is 1. The molecule has 0 fully saturated rings. The standard InChI is InChI=1S/C19H14FN3O/c20-16-10-14(18-15-8-9-21-19(15)23-12-22-18)6-7-17(16)24-11-13-4-2-1-3-5-13/h1-10,12H,11H2,(H,21,22,23). The van der Waals surface area contributed by atoms with Crippen LogP contribution in [0.2, 0.25) is 0 Å². The Labute approximate surface area is 138 Å². The molecule has 2 heterocycles. The van der Waals surface area contributed by atoms with Crippen LogP contribution in [0.4, 0.5) is 4.39 Å².